The SMILES string of the molecule is C=CC(=O)OCCCCOC(=O)Oc1ccc(-c2ccc(OC(=O)c3ccc(OCCCCOC(=O)C(=C)CC(=O)OCC)cc3)cc2)cc1. The van der Waals surface area contributed by atoms with E-state index in [1.165, 1.54) is 0 Å². The van der Waals surface area contributed by atoms with Crippen LogP contribution in [0.1, 0.15) is 49.4 Å². The van der Waals surface area contributed by atoms with E-state index < -0.39 is 30.0 Å². The normalized spacial score (nSPS) is 10.3. The van der Waals surface area contributed by atoms with E-state index in [1.54, 1.807) is 79.7 Å². The third-order valence-electron chi connectivity index (χ3n) is 6.71. The summed E-state index contributed by atoms with van der Waals surface area (Å²) in [4.78, 5) is 58.9. The summed E-state index contributed by atoms with van der Waals surface area (Å²) in [5.74, 6) is -0.930. The van der Waals surface area contributed by atoms with Gasteiger partial charge in [0.25, 0.3) is 0 Å². The molecular weight excluding hydrogens is 648 g/mol. The van der Waals surface area contributed by atoms with Crippen LogP contribution in [-0.2, 0) is 33.3 Å². The van der Waals surface area contributed by atoms with E-state index in [-0.39, 0.29) is 38.4 Å². The van der Waals surface area contributed by atoms with Gasteiger partial charge in [0.15, 0.2) is 0 Å². The summed E-state index contributed by atoms with van der Waals surface area (Å²) >= 11 is 0. The molecule has 12 heteroatoms. The van der Waals surface area contributed by atoms with Crippen molar-refractivity contribution in [3.63, 3.8) is 0 Å². The third kappa shape index (κ3) is 14.1. The Morgan fingerprint density at radius 2 is 1.14 bits per heavy atom. The number of esters is 4. The summed E-state index contributed by atoms with van der Waals surface area (Å²) in [6.07, 6.45) is 2.27. The molecule has 0 heterocycles. The van der Waals surface area contributed by atoms with Crippen LogP contribution in [-0.4, -0.2) is 63.1 Å². The van der Waals surface area contributed by atoms with E-state index in [4.69, 9.17) is 33.2 Å². The van der Waals surface area contributed by atoms with Crippen molar-refractivity contribution in [2.24, 2.45) is 0 Å². The number of unbranched alkanes of at least 4 members (excludes halogenated alkanes) is 2. The molecule has 0 aromatic heterocycles. The molecule has 0 atom stereocenters. The molecular formula is C38H40O12. The second-order valence-electron chi connectivity index (χ2n) is 10.5. The molecule has 0 bridgehead atoms. The fourth-order valence-corrected chi connectivity index (χ4v) is 4.12. The van der Waals surface area contributed by atoms with Crippen LogP contribution in [0.2, 0.25) is 0 Å². The monoisotopic (exact) mass is 688 g/mol. The predicted octanol–water partition coefficient (Wildman–Crippen LogP) is 6.81. The van der Waals surface area contributed by atoms with Crippen LogP contribution in [0, 0.1) is 0 Å². The first-order valence-electron chi connectivity index (χ1n) is 16.0. The lowest BCUT2D eigenvalue weighted by atomic mass is 10.1. The van der Waals surface area contributed by atoms with Crippen LogP contribution in [0.4, 0.5) is 4.79 Å². The van der Waals surface area contributed by atoms with E-state index in [1.807, 2.05) is 0 Å². The van der Waals surface area contributed by atoms with Crippen molar-refractivity contribution < 1.29 is 57.1 Å². The van der Waals surface area contributed by atoms with E-state index in [9.17, 15) is 24.0 Å². The van der Waals surface area contributed by atoms with Gasteiger partial charge in [-0.2, -0.15) is 0 Å². The van der Waals surface area contributed by atoms with Crippen molar-refractivity contribution in [2.45, 2.75) is 39.0 Å². The number of carbonyl (C=O) groups is 5. The molecule has 3 aromatic carbocycles. The highest BCUT2D eigenvalue weighted by molar-refractivity contribution is 5.93. The zero-order chi connectivity index (χ0) is 36.1. The van der Waals surface area contributed by atoms with Gasteiger partial charge in [-0.15, -0.1) is 0 Å². The van der Waals surface area contributed by atoms with Crippen molar-refractivity contribution in [1.82, 2.24) is 0 Å². The average molecular weight is 689 g/mol. The fourth-order valence-electron chi connectivity index (χ4n) is 4.12. The Hall–Kier alpha value is -5.91. The van der Waals surface area contributed by atoms with Gasteiger partial charge in [-0.05, 0) is 92.3 Å². The standard InChI is InChI=1S/C38H40O12/c1-4-34(39)46-23-7-9-25-48-38(43)50-33-20-12-29(13-21-33)28-10-18-32(19-11-28)49-37(42)30-14-16-31(17-15-30)45-22-6-8-24-47-36(41)27(3)26-35(40)44-5-2/h4,10-21H,1,3,5-9,22-26H2,2H3. The molecule has 0 saturated heterocycles. The minimum atomic E-state index is -0.833. The van der Waals surface area contributed by atoms with Gasteiger partial charge < -0.3 is 33.2 Å². The molecule has 0 radical (unpaired) electrons. The molecule has 0 spiro atoms. The maximum atomic E-state index is 12.7. The summed E-state index contributed by atoms with van der Waals surface area (Å²) in [5, 5.41) is 0. The molecule has 3 rings (SSSR count). The van der Waals surface area contributed by atoms with Crippen LogP contribution in [0.5, 0.6) is 17.2 Å². The smallest absolute Gasteiger partial charge is 0.494 e. The highest BCUT2D eigenvalue weighted by Crippen LogP contribution is 2.25. The molecule has 0 amide bonds. The molecule has 0 unspecified atom stereocenters. The van der Waals surface area contributed by atoms with E-state index in [0.717, 1.165) is 17.2 Å². The molecule has 0 aliphatic carbocycles. The van der Waals surface area contributed by atoms with Crippen LogP contribution >= 0.6 is 0 Å². The van der Waals surface area contributed by atoms with E-state index in [2.05, 4.69) is 13.2 Å². The highest BCUT2D eigenvalue weighted by Gasteiger charge is 2.14. The Bertz CT molecular complexity index is 1590. The second-order valence-corrected chi connectivity index (χ2v) is 10.5. The minimum absolute atomic E-state index is 0.0450. The first-order chi connectivity index (χ1) is 24.2. The Kier molecular flexibility index (Phi) is 16.3. The van der Waals surface area contributed by atoms with Gasteiger partial charge >= 0.3 is 30.0 Å². The van der Waals surface area contributed by atoms with Gasteiger partial charge in [0.05, 0.1) is 45.0 Å². The van der Waals surface area contributed by atoms with Gasteiger partial charge in [-0.3, -0.25) is 4.79 Å². The Morgan fingerprint density at radius 3 is 1.72 bits per heavy atom. The molecule has 0 aliphatic heterocycles. The summed E-state index contributed by atoms with van der Waals surface area (Å²) in [5.41, 5.74) is 2.10. The van der Waals surface area contributed by atoms with Gasteiger partial charge in [0.2, 0.25) is 0 Å². The summed E-state index contributed by atoms with van der Waals surface area (Å²) < 4.78 is 36.2. The lowest BCUT2D eigenvalue weighted by molar-refractivity contribution is -0.146. The van der Waals surface area contributed by atoms with Crippen LogP contribution in [0.15, 0.2) is 97.6 Å². The lowest BCUT2D eigenvalue weighted by Crippen LogP contribution is -2.13. The molecule has 0 fully saturated rings. The molecule has 12 nitrogen and oxygen atoms in total. The van der Waals surface area contributed by atoms with E-state index in [0.29, 0.717) is 55.1 Å². The number of hydrogen-bond acceptors (Lipinski definition) is 12. The zero-order valence-corrected chi connectivity index (χ0v) is 27.9. The van der Waals surface area contributed by atoms with Crippen LogP contribution in [0.25, 0.3) is 11.1 Å². The van der Waals surface area contributed by atoms with Gasteiger partial charge in [-0.1, -0.05) is 37.4 Å². The second kappa shape index (κ2) is 21.1. The maximum Gasteiger partial charge on any atom is 0.513 e. The van der Waals surface area contributed by atoms with Crippen molar-refractivity contribution in [3.8, 4) is 28.4 Å². The molecule has 0 N–H and O–H groups in total. The first-order valence-corrected chi connectivity index (χ1v) is 16.0. The fraction of sp³-hybridized carbons (Fsp3) is 0.289. The number of rotatable bonds is 20. The number of benzene rings is 3. The summed E-state index contributed by atoms with van der Waals surface area (Å²) in [7, 11) is 0. The van der Waals surface area contributed by atoms with Gasteiger partial charge in [-0.25, -0.2) is 19.2 Å². The van der Waals surface area contributed by atoms with Gasteiger partial charge in [0.1, 0.15) is 17.2 Å². The minimum Gasteiger partial charge on any atom is -0.494 e. The molecule has 264 valence electrons. The van der Waals surface area contributed by atoms with E-state index >= 15 is 0 Å². The van der Waals surface area contributed by atoms with Crippen molar-refractivity contribution >= 4 is 30.0 Å². The Balaban J connectivity index is 1.34. The third-order valence-corrected chi connectivity index (χ3v) is 6.71. The van der Waals surface area contributed by atoms with Crippen molar-refractivity contribution in [2.75, 3.05) is 33.0 Å². The maximum absolute atomic E-state index is 12.7. The first kappa shape index (κ1) is 38.5. The average Bonchev–Trinajstić information content (AvgIpc) is 3.12. The number of ether oxygens (including phenoxy) is 7. The molecule has 50 heavy (non-hydrogen) atoms. The highest BCUT2D eigenvalue weighted by atomic mass is 16.7. The Morgan fingerprint density at radius 1 is 0.620 bits per heavy atom. The number of carbonyl (C=O) groups excluding carboxylic acids is 5. The topological polar surface area (TPSA) is 150 Å². The summed E-state index contributed by atoms with van der Waals surface area (Å²) in [6.45, 7) is 9.66. The van der Waals surface area contributed by atoms with Gasteiger partial charge in [0, 0.05) is 11.6 Å². The van der Waals surface area contributed by atoms with Crippen molar-refractivity contribution in [1.29, 1.82) is 0 Å². The molecule has 3 aromatic rings. The lowest BCUT2D eigenvalue weighted by Gasteiger charge is -2.09. The Labute approximate surface area is 290 Å². The van der Waals surface area contributed by atoms with Crippen LogP contribution in [0.3, 0.4) is 0 Å². The zero-order valence-electron chi connectivity index (χ0n) is 27.9. The molecule has 0 aliphatic rings. The predicted molar refractivity (Wildman–Crippen MR) is 182 cm³/mol. The quantitative estimate of drug-likeness (QED) is 0.0306. The van der Waals surface area contributed by atoms with Crippen molar-refractivity contribution in [3.05, 3.63) is 103 Å². The largest absolute Gasteiger partial charge is 0.513 e. The molecule has 0 saturated carbocycles. The van der Waals surface area contributed by atoms with Crippen LogP contribution < -0.4 is 14.2 Å². The number of hydrogen-bond donors (Lipinski definition) is 0. The summed E-state index contributed by atoms with van der Waals surface area (Å²) in [6, 6.07) is 20.3.